The smallest absolute Gasteiger partial charge is 0.0692 e. The monoisotopic (exact) mass is 310 g/mol. The normalized spacial score (nSPS) is 19.6. The second-order valence-electron chi connectivity index (χ2n) is 5.73. The van der Waals surface area contributed by atoms with Crippen molar-refractivity contribution in [2.24, 2.45) is 0 Å². The van der Waals surface area contributed by atoms with Crippen molar-refractivity contribution in [3.8, 4) is 0 Å². The second-order valence-corrected chi connectivity index (χ2v) is 6.84. The quantitative estimate of drug-likeness (QED) is 0.679. The first-order valence-electron chi connectivity index (χ1n) is 6.85. The van der Waals surface area contributed by atoms with Gasteiger partial charge in [0, 0.05) is 11.9 Å². The molecule has 0 N–H and O–H groups in total. The van der Waals surface area contributed by atoms with Crippen LogP contribution < -0.4 is 0 Å². The Morgan fingerprint density at radius 2 is 1.72 bits per heavy atom. The lowest BCUT2D eigenvalue weighted by atomic mass is 9.76. The summed E-state index contributed by atoms with van der Waals surface area (Å²) >= 11 is 3.82. The van der Waals surface area contributed by atoms with Crippen molar-refractivity contribution in [3.05, 3.63) is 35.4 Å². The number of rotatable bonds is 5. The van der Waals surface area contributed by atoms with E-state index in [0.717, 1.165) is 6.42 Å². The zero-order valence-electron chi connectivity index (χ0n) is 11.6. The maximum Gasteiger partial charge on any atom is 0.0692 e. The van der Waals surface area contributed by atoms with E-state index < -0.39 is 0 Å². The molecule has 1 fully saturated rings. The Kier molecular flexibility index (Phi) is 4.50. The van der Waals surface area contributed by atoms with Crippen LogP contribution >= 0.6 is 15.9 Å². The molecule has 0 saturated heterocycles. The van der Waals surface area contributed by atoms with Crippen LogP contribution in [0.15, 0.2) is 24.3 Å². The van der Waals surface area contributed by atoms with Gasteiger partial charge in [-0.2, -0.15) is 0 Å². The number of alkyl halides is 1. The number of benzene rings is 1. The molecule has 0 spiro atoms. The van der Waals surface area contributed by atoms with E-state index >= 15 is 0 Å². The van der Waals surface area contributed by atoms with Crippen molar-refractivity contribution in [2.45, 2.75) is 55.9 Å². The van der Waals surface area contributed by atoms with E-state index in [1.165, 1.54) is 30.4 Å². The van der Waals surface area contributed by atoms with Gasteiger partial charge in [-0.1, -0.05) is 54.0 Å². The molecular formula is C16H23BrO. The van der Waals surface area contributed by atoms with Gasteiger partial charge in [0.25, 0.3) is 0 Å². The summed E-state index contributed by atoms with van der Waals surface area (Å²) in [7, 11) is 1.85. The Morgan fingerprint density at radius 3 is 2.11 bits per heavy atom. The molecule has 1 saturated carbocycles. The van der Waals surface area contributed by atoms with Crippen LogP contribution in [0, 0.1) is 0 Å². The molecule has 100 valence electrons. The summed E-state index contributed by atoms with van der Waals surface area (Å²) in [5.41, 5.74) is 2.90. The van der Waals surface area contributed by atoms with Gasteiger partial charge in [0.1, 0.15) is 0 Å². The van der Waals surface area contributed by atoms with Gasteiger partial charge in [0.2, 0.25) is 0 Å². The third-order valence-electron chi connectivity index (χ3n) is 4.21. The van der Waals surface area contributed by atoms with E-state index in [2.05, 4.69) is 54.0 Å². The highest BCUT2D eigenvalue weighted by Gasteiger charge is 2.38. The third-order valence-corrected chi connectivity index (χ3v) is 5.07. The highest BCUT2D eigenvalue weighted by Crippen LogP contribution is 2.44. The lowest BCUT2D eigenvalue weighted by Crippen LogP contribution is -2.39. The van der Waals surface area contributed by atoms with Crippen molar-refractivity contribution < 1.29 is 4.74 Å². The Morgan fingerprint density at radius 1 is 1.17 bits per heavy atom. The minimum absolute atomic E-state index is 0.130. The molecule has 0 amide bonds. The van der Waals surface area contributed by atoms with E-state index in [4.69, 9.17) is 4.74 Å². The van der Waals surface area contributed by atoms with E-state index in [1.54, 1.807) is 0 Å². The van der Waals surface area contributed by atoms with Gasteiger partial charge >= 0.3 is 0 Å². The van der Waals surface area contributed by atoms with E-state index in [-0.39, 0.29) is 5.60 Å². The van der Waals surface area contributed by atoms with Gasteiger partial charge < -0.3 is 4.74 Å². The molecule has 0 aliphatic heterocycles. The third kappa shape index (κ3) is 2.97. The number of ether oxygens (including phenoxy) is 1. The largest absolute Gasteiger partial charge is 0.378 e. The molecule has 2 heteroatoms. The number of methoxy groups -OCH3 is 1. The Hall–Kier alpha value is -0.340. The van der Waals surface area contributed by atoms with Crippen molar-refractivity contribution in [1.82, 2.24) is 0 Å². The average Bonchev–Trinajstić information content (AvgIpc) is 2.33. The minimum atomic E-state index is 0.130. The van der Waals surface area contributed by atoms with Gasteiger partial charge in [-0.3, -0.25) is 0 Å². The first-order chi connectivity index (χ1) is 8.56. The van der Waals surface area contributed by atoms with Crippen LogP contribution in [-0.2, 0) is 4.74 Å². The summed E-state index contributed by atoms with van der Waals surface area (Å²) in [4.78, 5) is 0.402. The first kappa shape index (κ1) is 14.1. The van der Waals surface area contributed by atoms with Crippen molar-refractivity contribution >= 4 is 15.9 Å². The SMILES string of the molecule is COC1(CC(Br)c2ccc(C(C)C)cc2)CCC1. The molecule has 1 aromatic carbocycles. The zero-order valence-corrected chi connectivity index (χ0v) is 13.2. The molecule has 1 unspecified atom stereocenters. The highest BCUT2D eigenvalue weighted by atomic mass is 79.9. The molecule has 1 aliphatic rings. The predicted octanol–water partition coefficient (Wildman–Crippen LogP) is 5.21. The highest BCUT2D eigenvalue weighted by molar-refractivity contribution is 9.09. The predicted molar refractivity (Wildman–Crippen MR) is 80.4 cm³/mol. The van der Waals surface area contributed by atoms with E-state index in [0.29, 0.717) is 10.7 Å². The summed E-state index contributed by atoms with van der Waals surface area (Å²) in [6.07, 6.45) is 4.79. The molecule has 18 heavy (non-hydrogen) atoms. The topological polar surface area (TPSA) is 9.23 Å². The van der Waals surface area contributed by atoms with Gasteiger partial charge in [-0.05, 0) is 42.7 Å². The molecule has 1 nitrogen and oxygen atoms in total. The maximum absolute atomic E-state index is 5.70. The van der Waals surface area contributed by atoms with Crippen LogP contribution in [0.25, 0.3) is 0 Å². The average molecular weight is 311 g/mol. The molecule has 0 heterocycles. The summed E-state index contributed by atoms with van der Waals surface area (Å²) < 4.78 is 5.70. The van der Waals surface area contributed by atoms with Gasteiger partial charge in [0.05, 0.1) is 5.60 Å². The van der Waals surface area contributed by atoms with Crippen LogP contribution in [0.1, 0.15) is 61.4 Å². The fourth-order valence-corrected chi connectivity index (χ4v) is 3.49. The van der Waals surface area contributed by atoms with Crippen molar-refractivity contribution in [3.63, 3.8) is 0 Å². The van der Waals surface area contributed by atoms with Crippen LogP contribution in [0.5, 0.6) is 0 Å². The van der Waals surface area contributed by atoms with Crippen molar-refractivity contribution in [2.75, 3.05) is 7.11 Å². The van der Waals surface area contributed by atoms with Crippen LogP contribution in [0.4, 0.5) is 0 Å². The van der Waals surface area contributed by atoms with Crippen molar-refractivity contribution in [1.29, 1.82) is 0 Å². The molecule has 0 aromatic heterocycles. The second kappa shape index (κ2) is 5.75. The van der Waals surface area contributed by atoms with Gasteiger partial charge in [-0.15, -0.1) is 0 Å². The van der Waals surface area contributed by atoms with E-state index in [1.807, 2.05) is 7.11 Å². The number of hydrogen-bond acceptors (Lipinski definition) is 1. The molecular weight excluding hydrogens is 288 g/mol. The van der Waals surface area contributed by atoms with Crippen LogP contribution in [-0.4, -0.2) is 12.7 Å². The lowest BCUT2D eigenvalue weighted by molar-refractivity contribution is -0.0773. The Labute approximate surface area is 119 Å². The Bertz CT molecular complexity index is 373. The van der Waals surface area contributed by atoms with Crippen LogP contribution in [0.3, 0.4) is 0 Å². The maximum atomic E-state index is 5.70. The zero-order chi connectivity index (χ0) is 13.2. The number of hydrogen-bond donors (Lipinski definition) is 0. The number of halogens is 1. The standard InChI is InChI=1S/C16H23BrO/c1-12(2)13-5-7-14(8-6-13)15(17)11-16(18-3)9-4-10-16/h5-8,12,15H,4,9-11H2,1-3H3. The first-order valence-corrected chi connectivity index (χ1v) is 7.77. The molecule has 1 atom stereocenters. The lowest BCUT2D eigenvalue weighted by Gasteiger charge is -2.42. The summed E-state index contributed by atoms with van der Waals surface area (Å²) in [6, 6.07) is 8.98. The summed E-state index contributed by atoms with van der Waals surface area (Å²) in [5, 5.41) is 0. The molecule has 2 rings (SSSR count). The summed E-state index contributed by atoms with van der Waals surface area (Å²) in [5.74, 6) is 0.602. The molecule has 1 aliphatic carbocycles. The van der Waals surface area contributed by atoms with Crippen LogP contribution in [0.2, 0.25) is 0 Å². The van der Waals surface area contributed by atoms with E-state index in [9.17, 15) is 0 Å². The molecule has 0 bridgehead atoms. The minimum Gasteiger partial charge on any atom is -0.378 e. The summed E-state index contributed by atoms with van der Waals surface area (Å²) in [6.45, 7) is 4.46. The molecule has 0 radical (unpaired) electrons. The van der Waals surface area contributed by atoms with Gasteiger partial charge in [0.15, 0.2) is 0 Å². The van der Waals surface area contributed by atoms with Gasteiger partial charge in [-0.25, -0.2) is 0 Å². The fraction of sp³-hybridized carbons (Fsp3) is 0.625. The Balaban J connectivity index is 2.02. The molecule has 1 aromatic rings. The fourth-order valence-electron chi connectivity index (χ4n) is 2.60.